The van der Waals surface area contributed by atoms with Gasteiger partial charge in [0, 0.05) is 11.1 Å². The van der Waals surface area contributed by atoms with Crippen LogP contribution in [0, 0.1) is 6.92 Å². The smallest absolute Gasteiger partial charge is 0.0708 e. The Morgan fingerprint density at radius 2 is 2.05 bits per heavy atom. The van der Waals surface area contributed by atoms with Crippen molar-refractivity contribution in [3.63, 3.8) is 0 Å². The molecule has 0 saturated carbocycles. The van der Waals surface area contributed by atoms with Crippen molar-refractivity contribution in [2.24, 2.45) is 0 Å². The summed E-state index contributed by atoms with van der Waals surface area (Å²) in [5.41, 5.74) is 6.59. The van der Waals surface area contributed by atoms with Crippen molar-refractivity contribution >= 4 is 16.5 Å². The zero-order chi connectivity index (χ0) is 13.2. The summed E-state index contributed by atoms with van der Waals surface area (Å²) in [7, 11) is 0. The maximum absolute atomic E-state index is 4.65. The van der Waals surface area contributed by atoms with E-state index < -0.39 is 0 Å². The van der Waals surface area contributed by atoms with E-state index in [4.69, 9.17) is 0 Å². The zero-order valence-electron chi connectivity index (χ0n) is 11.9. The average molecular weight is 251 g/mol. The summed E-state index contributed by atoms with van der Waals surface area (Å²) in [6, 6.07) is 9.00. The van der Waals surface area contributed by atoms with Crippen LogP contribution in [0.1, 0.15) is 49.4 Å². The highest BCUT2D eigenvalue weighted by Crippen LogP contribution is 2.29. The number of nitrogens with zero attached hydrogens (tertiary/aromatic N) is 1. The van der Waals surface area contributed by atoms with Crippen LogP contribution in [0.3, 0.4) is 0 Å². The van der Waals surface area contributed by atoms with Gasteiger partial charge in [-0.1, -0.05) is 19.1 Å². The van der Waals surface area contributed by atoms with Crippen LogP contribution >= 0.6 is 0 Å². The van der Waals surface area contributed by atoms with Crippen LogP contribution in [0.4, 0.5) is 0 Å². The van der Waals surface area contributed by atoms with Crippen molar-refractivity contribution in [2.45, 2.75) is 46.0 Å². The van der Waals surface area contributed by atoms with Gasteiger partial charge >= 0.3 is 0 Å². The van der Waals surface area contributed by atoms with E-state index in [0.29, 0.717) is 0 Å². The predicted octanol–water partition coefficient (Wildman–Crippen LogP) is 5.06. The molecule has 0 N–H and O–H groups in total. The Morgan fingerprint density at radius 3 is 2.79 bits per heavy atom. The monoisotopic (exact) mass is 251 g/mol. The molecule has 1 nitrogen and oxygen atoms in total. The van der Waals surface area contributed by atoms with E-state index in [1.807, 2.05) is 0 Å². The van der Waals surface area contributed by atoms with Crippen molar-refractivity contribution in [1.82, 2.24) is 4.98 Å². The van der Waals surface area contributed by atoms with Gasteiger partial charge in [0.2, 0.25) is 0 Å². The molecule has 1 heteroatoms. The van der Waals surface area contributed by atoms with Crippen LogP contribution in [0.15, 0.2) is 30.3 Å². The van der Waals surface area contributed by atoms with E-state index in [1.54, 1.807) is 0 Å². The molecule has 1 aromatic heterocycles. The number of rotatable bonds is 2. The van der Waals surface area contributed by atoms with E-state index >= 15 is 0 Å². The van der Waals surface area contributed by atoms with Gasteiger partial charge in [0.1, 0.15) is 0 Å². The molecule has 98 valence electrons. The largest absolute Gasteiger partial charge is 0.253 e. The molecule has 0 spiro atoms. The van der Waals surface area contributed by atoms with Crippen LogP contribution in [0.25, 0.3) is 16.5 Å². The summed E-state index contributed by atoms with van der Waals surface area (Å²) in [6.45, 7) is 4.30. The van der Waals surface area contributed by atoms with Crippen molar-refractivity contribution in [2.75, 3.05) is 0 Å². The van der Waals surface area contributed by atoms with E-state index in [9.17, 15) is 0 Å². The number of fused-ring (bicyclic) bond motifs is 1. The molecule has 1 heterocycles. The SMILES string of the molecule is CCc1cc(C)nc2ccc(C3=CCCCC3)cc12. The summed E-state index contributed by atoms with van der Waals surface area (Å²) in [5, 5.41) is 1.33. The number of aromatic nitrogens is 1. The van der Waals surface area contributed by atoms with Gasteiger partial charge < -0.3 is 0 Å². The lowest BCUT2D eigenvalue weighted by molar-refractivity contribution is 0.742. The molecule has 0 bridgehead atoms. The highest BCUT2D eigenvalue weighted by atomic mass is 14.7. The quantitative estimate of drug-likeness (QED) is 0.726. The van der Waals surface area contributed by atoms with Gasteiger partial charge in [0.15, 0.2) is 0 Å². The number of allylic oxidation sites excluding steroid dienone is 2. The highest BCUT2D eigenvalue weighted by Gasteiger charge is 2.09. The minimum atomic E-state index is 1.07. The Morgan fingerprint density at radius 1 is 1.16 bits per heavy atom. The summed E-state index contributed by atoms with van der Waals surface area (Å²) >= 11 is 0. The van der Waals surface area contributed by atoms with Crippen LogP contribution < -0.4 is 0 Å². The zero-order valence-corrected chi connectivity index (χ0v) is 11.9. The Hall–Kier alpha value is -1.63. The van der Waals surface area contributed by atoms with Gasteiger partial charge in [-0.3, -0.25) is 4.98 Å². The predicted molar refractivity (Wildman–Crippen MR) is 82.3 cm³/mol. The molecule has 3 rings (SSSR count). The molecule has 1 aliphatic rings. The Kier molecular flexibility index (Phi) is 3.37. The maximum Gasteiger partial charge on any atom is 0.0708 e. The summed E-state index contributed by atoms with van der Waals surface area (Å²) < 4.78 is 0. The van der Waals surface area contributed by atoms with E-state index in [1.165, 1.54) is 47.8 Å². The molecule has 0 aliphatic heterocycles. The van der Waals surface area contributed by atoms with E-state index in [2.05, 4.69) is 49.2 Å². The molecule has 0 radical (unpaired) electrons. The molecule has 0 fully saturated rings. The minimum Gasteiger partial charge on any atom is -0.253 e. The minimum absolute atomic E-state index is 1.07. The maximum atomic E-state index is 4.65. The summed E-state index contributed by atoms with van der Waals surface area (Å²) in [4.78, 5) is 4.65. The van der Waals surface area contributed by atoms with Gasteiger partial charge in [0.05, 0.1) is 5.52 Å². The fourth-order valence-electron chi connectivity index (χ4n) is 3.04. The molecule has 0 atom stereocenters. The first-order valence-electron chi connectivity index (χ1n) is 7.37. The second-order valence-electron chi connectivity index (χ2n) is 5.48. The summed E-state index contributed by atoms with van der Waals surface area (Å²) in [6.07, 6.45) is 8.63. The van der Waals surface area contributed by atoms with Crippen LogP contribution in [-0.4, -0.2) is 4.98 Å². The third-order valence-electron chi connectivity index (χ3n) is 4.07. The molecular weight excluding hydrogens is 230 g/mol. The van der Waals surface area contributed by atoms with Crippen molar-refractivity contribution in [3.8, 4) is 0 Å². The molecule has 19 heavy (non-hydrogen) atoms. The third-order valence-corrected chi connectivity index (χ3v) is 4.07. The molecule has 2 aromatic rings. The van der Waals surface area contributed by atoms with Crippen LogP contribution in [0.2, 0.25) is 0 Å². The fraction of sp³-hybridized carbons (Fsp3) is 0.389. The normalized spacial score (nSPS) is 15.6. The Balaban J connectivity index is 2.14. The first-order chi connectivity index (χ1) is 9.28. The second kappa shape index (κ2) is 5.16. The van der Waals surface area contributed by atoms with Gasteiger partial charge in [-0.25, -0.2) is 0 Å². The number of pyridine rings is 1. The molecular formula is C18H21N. The summed E-state index contributed by atoms with van der Waals surface area (Å²) in [5.74, 6) is 0. The molecule has 1 aliphatic carbocycles. The molecule has 1 aromatic carbocycles. The van der Waals surface area contributed by atoms with Crippen LogP contribution in [0.5, 0.6) is 0 Å². The number of aryl methyl sites for hydroxylation is 2. The van der Waals surface area contributed by atoms with Crippen LogP contribution in [-0.2, 0) is 6.42 Å². The van der Waals surface area contributed by atoms with Gasteiger partial charge in [-0.15, -0.1) is 0 Å². The first-order valence-corrected chi connectivity index (χ1v) is 7.37. The van der Waals surface area contributed by atoms with Gasteiger partial charge in [-0.2, -0.15) is 0 Å². The molecule has 0 saturated heterocycles. The molecule has 0 unspecified atom stereocenters. The Bertz CT molecular complexity index is 637. The van der Waals surface area contributed by atoms with Crippen molar-refractivity contribution in [1.29, 1.82) is 0 Å². The number of benzene rings is 1. The lowest BCUT2D eigenvalue weighted by Gasteiger charge is -2.14. The van der Waals surface area contributed by atoms with Crippen molar-refractivity contribution in [3.05, 3.63) is 47.2 Å². The van der Waals surface area contributed by atoms with E-state index in [0.717, 1.165) is 17.6 Å². The molecule has 0 amide bonds. The highest BCUT2D eigenvalue weighted by molar-refractivity contribution is 5.86. The lowest BCUT2D eigenvalue weighted by Crippen LogP contribution is -1.95. The second-order valence-corrected chi connectivity index (χ2v) is 5.48. The Labute approximate surface area is 115 Å². The number of hydrogen-bond donors (Lipinski definition) is 0. The standard InChI is InChI=1S/C18H21N/c1-3-14-11-13(2)19-18-10-9-16(12-17(14)18)15-7-5-4-6-8-15/h7,9-12H,3-6,8H2,1-2H3. The van der Waals surface area contributed by atoms with Crippen molar-refractivity contribution < 1.29 is 0 Å². The lowest BCUT2D eigenvalue weighted by atomic mass is 9.92. The average Bonchev–Trinajstić information content (AvgIpc) is 2.46. The number of hydrogen-bond acceptors (Lipinski definition) is 1. The fourth-order valence-corrected chi connectivity index (χ4v) is 3.04. The van der Waals surface area contributed by atoms with E-state index in [-0.39, 0.29) is 0 Å². The van der Waals surface area contributed by atoms with Gasteiger partial charge in [0.25, 0.3) is 0 Å². The first kappa shape index (κ1) is 12.4. The third kappa shape index (κ3) is 2.42. The topological polar surface area (TPSA) is 12.9 Å². The van der Waals surface area contributed by atoms with Gasteiger partial charge in [-0.05, 0) is 73.9 Å².